The van der Waals surface area contributed by atoms with Crippen molar-refractivity contribution in [2.45, 2.75) is 19.9 Å². The predicted molar refractivity (Wildman–Crippen MR) is 71.8 cm³/mol. The van der Waals surface area contributed by atoms with Gasteiger partial charge in [0, 0.05) is 6.04 Å². The fourth-order valence-electron chi connectivity index (χ4n) is 2.24. The lowest BCUT2D eigenvalue weighted by Crippen LogP contribution is -2.47. The first-order chi connectivity index (χ1) is 9.15. The molecule has 0 spiro atoms. The number of anilines is 1. The van der Waals surface area contributed by atoms with Crippen LogP contribution in [-0.2, 0) is 14.3 Å². The monoisotopic (exact) mass is 262 g/mol. The Labute approximate surface area is 112 Å². The first-order valence-corrected chi connectivity index (χ1v) is 6.41. The van der Waals surface area contributed by atoms with Crippen LogP contribution in [0.3, 0.4) is 0 Å². The highest BCUT2D eigenvalue weighted by molar-refractivity contribution is 6.17. The molecule has 1 heterocycles. The summed E-state index contributed by atoms with van der Waals surface area (Å²) in [6.45, 7) is 4.76. The molecule has 102 valence electrons. The van der Waals surface area contributed by atoms with Crippen molar-refractivity contribution in [1.82, 2.24) is 5.32 Å². The van der Waals surface area contributed by atoms with Crippen LogP contribution in [0.5, 0.6) is 0 Å². The number of hydrogen-bond donors (Lipinski definition) is 1. The van der Waals surface area contributed by atoms with Crippen molar-refractivity contribution in [1.29, 1.82) is 0 Å². The number of amides is 2. The number of morpholine rings is 1. The molecular weight excluding hydrogens is 244 g/mol. The third-order valence-corrected chi connectivity index (χ3v) is 3.10. The van der Waals surface area contributed by atoms with Gasteiger partial charge in [0.25, 0.3) is 11.8 Å². The molecule has 1 fully saturated rings. The molecule has 0 aliphatic carbocycles. The van der Waals surface area contributed by atoms with Crippen molar-refractivity contribution >= 4 is 17.5 Å². The summed E-state index contributed by atoms with van der Waals surface area (Å²) in [5.74, 6) is -0.625. The van der Waals surface area contributed by atoms with E-state index in [2.05, 4.69) is 5.32 Å². The molecule has 0 saturated carbocycles. The van der Waals surface area contributed by atoms with Crippen LogP contribution in [0.25, 0.3) is 0 Å². The van der Waals surface area contributed by atoms with Crippen LogP contribution in [0.15, 0.2) is 24.3 Å². The molecule has 5 heteroatoms. The highest BCUT2D eigenvalue weighted by atomic mass is 16.5. The SMILES string of the molecule is CCNC(C)c1ccccc1N1C(=O)COCC1=O. The number of nitrogens with zero attached hydrogens (tertiary/aromatic N) is 1. The van der Waals surface area contributed by atoms with Gasteiger partial charge in [0.2, 0.25) is 0 Å². The van der Waals surface area contributed by atoms with Gasteiger partial charge in [0.15, 0.2) is 0 Å². The zero-order valence-electron chi connectivity index (χ0n) is 11.2. The van der Waals surface area contributed by atoms with E-state index in [4.69, 9.17) is 4.74 Å². The maximum absolute atomic E-state index is 11.9. The van der Waals surface area contributed by atoms with E-state index in [9.17, 15) is 9.59 Å². The Balaban J connectivity index is 2.38. The molecule has 1 atom stereocenters. The van der Waals surface area contributed by atoms with Crippen molar-refractivity contribution in [2.75, 3.05) is 24.7 Å². The second-order valence-electron chi connectivity index (χ2n) is 4.45. The van der Waals surface area contributed by atoms with E-state index in [1.807, 2.05) is 32.0 Å². The Morgan fingerprint density at radius 2 is 1.89 bits per heavy atom. The van der Waals surface area contributed by atoms with Crippen LogP contribution in [-0.4, -0.2) is 31.6 Å². The summed E-state index contributed by atoms with van der Waals surface area (Å²) < 4.78 is 4.94. The third kappa shape index (κ3) is 2.83. The molecule has 1 aliphatic rings. The predicted octanol–water partition coefficient (Wildman–Crippen LogP) is 1.25. The number of imide groups is 1. The van der Waals surface area contributed by atoms with E-state index in [1.165, 1.54) is 4.90 Å². The second kappa shape index (κ2) is 5.95. The number of carbonyl (C=O) groups is 2. The molecule has 0 bridgehead atoms. The first kappa shape index (κ1) is 13.7. The van der Waals surface area contributed by atoms with Gasteiger partial charge in [0.1, 0.15) is 13.2 Å². The van der Waals surface area contributed by atoms with Crippen LogP contribution in [0, 0.1) is 0 Å². The van der Waals surface area contributed by atoms with Crippen molar-refractivity contribution in [3.63, 3.8) is 0 Å². The average Bonchev–Trinajstić information content (AvgIpc) is 2.39. The van der Waals surface area contributed by atoms with Crippen LogP contribution < -0.4 is 10.2 Å². The van der Waals surface area contributed by atoms with Gasteiger partial charge in [-0.3, -0.25) is 9.59 Å². The summed E-state index contributed by atoms with van der Waals surface area (Å²) in [7, 11) is 0. The Kier molecular flexibility index (Phi) is 4.29. The summed E-state index contributed by atoms with van der Waals surface area (Å²) in [5, 5.41) is 3.29. The smallest absolute Gasteiger partial charge is 0.259 e. The summed E-state index contributed by atoms with van der Waals surface area (Å²) >= 11 is 0. The van der Waals surface area contributed by atoms with Crippen LogP contribution >= 0.6 is 0 Å². The maximum atomic E-state index is 11.9. The zero-order valence-corrected chi connectivity index (χ0v) is 11.2. The number of para-hydroxylation sites is 1. The van der Waals surface area contributed by atoms with Gasteiger partial charge >= 0.3 is 0 Å². The average molecular weight is 262 g/mol. The molecule has 2 rings (SSSR count). The molecule has 0 radical (unpaired) electrons. The molecule has 1 aromatic carbocycles. The number of benzene rings is 1. The van der Waals surface area contributed by atoms with E-state index in [0.717, 1.165) is 12.1 Å². The lowest BCUT2D eigenvalue weighted by Gasteiger charge is -2.28. The van der Waals surface area contributed by atoms with E-state index >= 15 is 0 Å². The first-order valence-electron chi connectivity index (χ1n) is 6.41. The number of rotatable bonds is 4. The minimum atomic E-state index is -0.313. The molecule has 1 aromatic rings. The Hall–Kier alpha value is -1.72. The standard InChI is InChI=1S/C14H18N2O3/c1-3-15-10(2)11-6-4-5-7-12(11)16-13(17)8-19-9-14(16)18/h4-7,10,15H,3,8-9H2,1-2H3. The highest BCUT2D eigenvalue weighted by Gasteiger charge is 2.30. The number of ether oxygens (including phenoxy) is 1. The zero-order chi connectivity index (χ0) is 13.8. The van der Waals surface area contributed by atoms with Crippen molar-refractivity contribution in [2.24, 2.45) is 0 Å². The molecule has 1 unspecified atom stereocenters. The molecule has 2 amide bonds. The Morgan fingerprint density at radius 3 is 2.53 bits per heavy atom. The highest BCUT2D eigenvalue weighted by Crippen LogP contribution is 2.27. The third-order valence-electron chi connectivity index (χ3n) is 3.10. The van der Waals surface area contributed by atoms with Crippen molar-refractivity contribution < 1.29 is 14.3 Å². The van der Waals surface area contributed by atoms with Gasteiger partial charge in [-0.05, 0) is 25.1 Å². The maximum Gasteiger partial charge on any atom is 0.259 e. The van der Waals surface area contributed by atoms with E-state index < -0.39 is 0 Å². The molecule has 19 heavy (non-hydrogen) atoms. The van der Waals surface area contributed by atoms with Crippen LogP contribution in [0.4, 0.5) is 5.69 Å². The molecule has 5 nitrogen and oxygen atoms in total. The number of carbonyl (C=O) groups excluding carboxylic acids is 2. The molecule has 1 saturated heterocycles. The quantitative estimate of drug-likeness (QED) is 0.830. The minimum absolute atomic E-state index is 0.0460. The number of hydrogen-bond acceptors (Lipinski definition) is 4. The van der Waals surface area contributed by atoms with E-state index in [0.29, 0.717) is 5.69 Å². The van der Waals surface area contributed by atoms with Crippen molar-refractivity contribution in [3.05, 3.63) is 29.8 Å². The largest absolute Gasteiger partial charge is 0.362 e. The lowest BCUT2D eigenvalue weighted by atomic mass is 10.0. The van der Waals surface area contributed by atoms with Gasteiger partial charge in [-0.2, -0.15) is 0 Å². The van der Waals surface area contributed by atoms with E-state index in [1.54, 1.807) is 6.07 Å². The normalized spacial score (nSPS) is 17.7. The Morgan fingerprint density at radius 1 is 1.26 bits per heavy atom. The summed E-state index contributed by atoms with van der Waals surface area (Å²) in [6, 6.07) is 7.53. The van der Waals surface area contributed by atoms with E-state index in [-0.39, 0.29) is 31.1 Å². The Bertz CT molecular complexity index is 471. The second-order valence-corrected chi connectivity index (χ2v) is 4.45. The van der Waals surface area contributed by atoms with Gasteiger partial charge in [-0.1, -0.05) is 25.1 Å². The molecule has 0 aromatic heterocycles. The summed E-state index contributed by atoms with van der Waals surface area (Å²) in [5.41, 5.74) is 1.59. The van der Waals surface area contributed by atoms with Crippen LogP contribution in [0.2, 0.25) is 0 Å². The van der Waals surface area contributed by atoms with Gasteiger partial charge in [0.05, 0.1) is 5.69 Å². The summed E-state index contributed by atoms with van der Waals surface area (Å²) in [6.07, 6.45) is 0. The fourth-order valence-corrected chi connectivity index (χ4v) is 2.24. The molecule has 1 aliphatic heterocycles. The topological polar surface area (TPSA) is 58.6 Å². The minimum Gasteiger partial charge on any atom is -0.362 e. The van der Waals surface area contributed by atoms with Gasteiger partial charge in [-0.15, -0.1) is 0 Å². The van der Waals surface area contributed by atoms with Gasteiger partial charge in [-0.25, -0.2) is 4.90 Å². The summed E-state index contributed by atoms with van der Waals surface area (Å²) in [4.78, 5) is 25.0. The number of nitrogens with one attached hydrogen (secondary N) is 1. The lowest BCUT2D eigenvalue weighted by molar-refractivity contribution is -0.138. The van der Waals surface area contributed by atoms with Gasteiger partial charge < -0.3 is 10.1 Å². The van der Waals surface area contributed by atoms with Crippen molar-refractivity contribution in [3.8, 4) is 0 Å². The molecule has 1 N–H and O–H groups in total. The fraction of sp³-hybridized carbons (Fsp3) is 0.429. The molecular formula is C14H18N2O3. The van der Waals surface area contributed by atoms with Crippen LogP contribution in [0.1, 0.15) is 25.5 Å².